The molecule has 0 fully saturated rings. The highest BCUT2D eigenvalue weighted by atomic mass is 32.1. The summed E-state index contributed by atoms with van der Waals surface area (Å²) in [6.45, 7) is 4.13. The van der Waals surface area contributed by atoms with Gasteiger partial charge in [0.15, 0.2) is 0 Å². The number of thiazole rings is 1. The second-order valence-electron chi connectivity index (χ2n) is 5.55. The lowest BCUT2D eigenvalue weighted by Gasteiger charge is -2.11. The molecule has 0 atom stereocenters. The molecule has 2 N–H and O–H groups in total. The van der Waals surface area contributed by atoms with Crippen LogP contribution >= 0.6 is 11.3 Å². The number of methoxy groups -OCH3 is 1. The molecule has 2 amide bonds. The zero-order valence-corrected chi connectivity index (χ0v) is 15.0. The van der Waals surface area contributed by atoms with Crippen molar-refractivity contribution < 1.29 is 14.3 Å². The van der Waals surface area contributed by atoms with Gasteiger partial charge in [0.1, 0.15) is 5.75 Å². The van der Waals surface area contributed by atoms with Gasteiger partial charge in [-0.2, -0.15) is 0 Å². The maximum absolute atomic E-state index is 12.3. The Morgan fingerprint density at radius 3 is 2.67 bits per heavy atom. The maximum Gasteiger partial charge on any atom is 0.251 e. The number of benzene rings is 1. The van der Waals surface area contributed by atoms with Crippen LogP contribution in [0.2, 0.25) is 0 Å². The number of aromatic nitrogens is 1. The second kappa shape index (κ2) is 7.92. The molecule has 6 nitrogen and oxygen atoms in total. The van der Waals surface area contributed by atoms with Crippen molar-refractivity contribution in [2.45, 2.75) is 26.2 Å². The summed E-state index contributed by atoms with van der Waals surface area (Å²) < 4.78 is 5.24. The maximum atomic E-state index is 12.3. The highest BCUT2D eigenvalue weighted by molar-refractivity contribution is 7.09. The van der Waals surface area contributed by atoms with Crippen molar-refractivity contribution in [3.8, 4) is 5.75 Å². The Labute approximate surface area is 145 Å². The minimum Gasteiger partial charge on any atom is -0.495 e. The summed E-state index contributed by atoms with van der Waals surface area (Å²) in [6, 6.07) is 4.89. The van der Waals surface area contributed by atoms with Gasteiger partial charge in [0.05, 0.1) is 29.9 Å². The van der Waals surface area contributed by atoms with Crippen LogP contribution in [-0.4, -0.2) is 31.0 Å². The molecule has 24 heavy (non-hydrogen) atoms. The monoisotopic (exact) mass is 347 g/mol. The third kappa shape index (κ3) is 4.32. The predicted octanol–water partition coefficient (Wildman–Crippen LogP) is 2.82. The van der Waals surface area contributed by atoms with Gasteiger partial charge in [0, 0.05) is 23.9 Å². The smallest absolute Gasteiger partial charge is 0.251 e. The van der Waals surface area contributed by atoms with Crippen LogP contribution in [0.5, 0.6) is 5.75 Å². The van der Waals surface area contributed by atoms with Gasteiger partial charge in [-0.3, -0.25) is 9.59 Å². The molecule has 0 radical (unpaired) electrons. The molecule has 1 aromatic carbocycles. The summed E-state index contributed by atoms with van der Waals surface area (Å²) in [6.07, 6.45) is 0.177. The average Bonchev–Trinajstić information content (AvgIpc) is 3.02. The molecule has 0 saturated heterocycles. The Morgan fingerprint density at radius 1 is 1.33 bits per heavy atom. The molecule has 1 aromatic heterocycles. The number of carbonyl (C=O) groups excluding carboxylic acids is 2. The Morgan fingerprint density at radius 2 is 2.08 bits per heavy atom. The van der Waals surface area contributed by atoms with E-state index in [2.05, 4.69) is 29.5 Å². The SMILES string of the molecule is CNC(=O)c1ccc(OC)c(NC(=O)Cc2csc(C(C)C)n2)c1. The van der Waals surface area contributed by atoms with Crippen molar-refractivity contribution in [3.63, 3.8) is 0 Å². The van der Waals surface area contributed by atoms with Gasteiger partial charge >= 0.3 is 0 Å². The number of hydrogen-bond acceptors (Lipinski definition) is 5. The summed E-state index contributed by atoms with van der Waals surface area (Å²) in [4.78, 5) is 28.5. The molecule has 0 aliphatic rings. The van der Waals surface area contributed by atoms with Crippen LogP contribution in [-0.2, 0) is 11.2 Å². The fourth-order valence-corrected chi connectivity index (χ4v) is 2.95. The van der Waals surface area contributed by atoms with Crippen LogP contribution in [0.3, 0.4) is 0 Å². The number of anilines is 1. The van der Waals surface area contributed by atoms with Crippen molar-refractivity contribution in [1.82, 2.24) is 10.3 Å². The molecule has 0 aliphatic carbocycles. The molecule has 1 heterocycles. The standard InChI is InChI=1S/C17H21N3O3S/c1-10(2)17-19-12(9-24-17)8-15(21)20-13-7-11(16(22)18-3)5-6-14(13)23-4/h5-7,9-10H,8H2,1-4H3,(H,18,22)(H,20,21). The number of amides is 2. The lowest BCUT2D eigenvalue weighted by Crippen LogP contribution is -2.19. The molecule has 0 spiro atoms. The second-order valence-corrected chi connectivity index (χ2v) is 6.44. The topological polar surface area (TPSA) is 80.3 Å². The van der Waals surface area contributed by atoms with E-state index in [-0.39, 0.29) is 18.2 Å². The highest BCUT2D eigenvalue weighted by Crippen LogP contribution is 2.26. The van der Waals surface area contributed by atoms with Gasteiger partial charge in [0.2, 0.25) is 5.91 Å². The van der Waals surface area contributed by atoms with Crippen molar-refractivity contribution in [2.24, 2.45) is 0 Å². The van der Waals surface area contributed by atoms with E-state index in [1.165, 1.54) is 7.11 Å². The first-order chi connectivity index (χ1) is 11.4. The summed E-state index contributed by atoms with van der Waals surface area (Å²) in [5.74, 6) is 0.408. The van der Waals surface area contributed by atoms with E-state index in [0.717, 1.165) is 10.7 Å². The first kappa shape index (κ1) is 17.9. The summed E-state index contributed by atoms with van der Waals surface area (Å²) in [7, 11) is 3.07. The first-order valence-corrected chi connectivity index (χ1v) is 8.46. The molecular weight excluding hydrogens is 326 g/mol. The van der Waals surface area contributed by atoms with Gasteiger partial charge in [-0.1, -0.05) is 13.8 Å². The van der Waals surface area contributed by atoms with Gasteiger partial charge in [0.25, 0.3) is 5.91 Å². The average molecular weight is 347 g/mol. The van der Waals surface area contributed by atoms with E-state index >= 15 is 0 Å². The molecule has 7 heteroatoms. The van der Waals surface area contributed by atoms with Gasteiger partial charge in [-0.25, -0.2) is 4.98 Å². The Hall–Kier alpha value is -2.41. The predicted molar refractivity (Wildman–Crippen MR) is 94.9 cm³/mol. The largest absolute Gasteiger partial charge is 0.495 e. The van der Waals surface area contributed by atoms with Gasteiger partial charge < -0.3 is 15.4 Å². The van der Waals surface area contributed by atoms with E-state index < -0.39 is 0 Å². The number of ether oxygens (including phenoxy) is 1. The van der Waals surface area contributed by atoms with Crippen molar-refractivity contribution >= 4 is 28.8 Å². The molecule has 2 rings (SSSR count). The summed E-state index contributed by atoms with van der Waals surface area (Å²) >= 11 is 1.55. The molecule has 2 aromatic rings. The summed E-state index contributed by atoms with van der Waals surface area (Å²) in [5.41, 5.74) is 1.65. The van der Waals surface area contributed by atoms with E-state index in [0.29, 0.717) is 22.9 Å². The van der Waals surface area contributed by atoms with E-state index in [9.17, 15) is 9.59 Å². The zero-order valence-electron chi connectivity index (χ0n) is 14.2. The molecule has 0 unspecified atom stereocenters. The number of nitrogens with one attached hydrogen (secondary N) is 2. The minimum atomic E-state index is -0.228. The van der Waals surface area contributed by atoms with Crippen molar-refractivity contribution in [3.05, 3.63) is 39.8 Å². The zero-order chi connectivity index (χ0) is 17.7. The van der Waals surface area contributed by atoms with Crippen LogP contribution < -0.4 is 15.4 Å². The van der Waals surface area contributed by atoms with E-state index in [1.54, 1.807) is 36.6 Å². The Bertz CT molecular complexity index is 740. The fraction of sp³-hybridized carbons (Fsp3) is 0.353. The molecular formula is C17H21N3O3S. The number of rotatable bonds is 6. The van der Waals surface area contributed by atoms with Crippen LogP contribution in [0.25, 0.3) is 0 Å². The van der Waals surface area contributed by atoms with Crippen LogP contribution in [0.1, 0.15) is 40.8 Å². The molecule has 0 saturated carbocycles. The summed E-state index contributed by atoms with van der Waals surface area (Å²) in [5, 5.41) is 8.25. The highest BCUT2D eigenvalue weighted by Gasteiger charge is 2.14. The third-order valence-corrected chi connectivity index (χ3v) is 4.56. The Balaban J connectivity index is 2.13. The van der Waals surface area contributed by atoms with Crippen LogP contribution in [0.4, 0.5) is 5.69 Å². The van der Waals surface area contributed by atoms with E-state index in [4.69, 9.17) is 4.74 Å². The lowest BCUT2D eigenvalue weighted by molar-refractivity contribution is -0.115. The molecule has 0 aliphatic heterocycles. The quantitative estimate of drug-likeness (QED) is 0.842. The lowest BCUT2D eigenvalue weighted by atomic mass is 10.1. The molecule has 0 bridgehead atoms. The number of nitrogens with zero attached hydrogens (tertiary/aromatic N) is 1. The Kier molecular flexibility index (Phi) is 5.92. The molecule has 128 valence electrons. The van der Waals surface area contributed by atoms with Gasteiger partial charge in [-0.15, -0.1) is 11.3 Å². The first-order valence-electron chi connectivity index (χ1n) is 7.58. The van der Waals surface area contributed by atoms with Crippen molar-refractivity contribution in [2.75, 3.05) is 19.5 Å². The van der Waals surface area contributed by atoms with E-state index in [1.807, 2.05) is 5.38 Å². The number of carbonyl (C=O) groups is 2. The van der Waals surface area contributed by atoms with Gasteiger partial charge in [-0.05, 0) is 18.2 Å². The fourth-order valence-electron chi connectivity index (χ4n) is 2.12. The van der Waals surface area contributed by atoms with Crippen molar-refractivity contribution in [1.29, 1.82) is 0 Å². The number of hydrogen-bond donors (Lipinski definition) is 2. The minimum absolute atomic E-state index is 0.177. The normalized spacial score (nSPS) is 10.5. The third-order valence-electron chi connectivity index (χ3n) is 3.37. The van der Waals surface area contributed by atoms with Crippen LogP contribution in [0.15, 0.2) is 23.6 Å². The van der Waals surface area contributed by atoms with Crippen LogP contribution in [0, 0.1) is 0 Å².